The first-order valence-corrected chi connectivity index (χ1v) is 7.78. The lowest BCUT2D eigenvalue weighted by molar-refractivity contribution is 0.182. The van der Waals surface area contributed by atoms with Crippen molar-refractivity contribution in [2.45, 2.75) is 30.8 Å². The maximum Gasteiger partial charge on any atom is 0.240 e. The molecule has 1 rings (SSSR count). The molecule has 0 aliphatic carbocycles. The van der Waals surface area contributed by atoms with Crippen LogP contribution < -0.4 is 14.2 Å². The van der Waals surface area contributed by atoms with E-state index >= 15 is 0 Å². The fourth-order valence-electron chi connectivity index (χ4n) is 1.67. The van der Waals surface area contributed by atoms with Gasteiger partial charge in [-0.3, -0.25) is 0 Å². The molecule has 0 aliphatic heterocycles. The van der Waals surface area contributed by atoms with Gasteiger partial charge in [-0.15, -0.1) is 0 Å². The fourth-order valence-corrected chi connectivity index (χ4v) is 2.76. The highest BCUT2D eigenvalue weighted by atomic mass is 32.2. The van der Waals surface area contributed by atoms with Gasteiger partial charge in [-0.05, 0) is 31.9 Å². The van der Waals surface area contributed by atoms with Crippen LogP contribution in [0.1, 0.15) is 19.8 Å². The van der Waals surface area contributed by atoms with Gasteiger partial charge in [0, 0.05) is 12.6 Å². The molecule has 1 unspecified atom stereocenters. The van der Waals surface area contributed by atoms with Crippen LogP contribution in [0, 0.1) is 0 Å². The molecule has 0 fully saturated rings. The molecule has 20 heavy (non-hydrogen) atoms. The number of aliphatic hydroxyl groups is 1. The molecule has 0 radical (unpaired) electrons. The minimum Gasteiger partial charge on any atom is -0.493 e. The van der Waals surface area contributed by atoms with Gasteiger partial charge >= 0.3 is 0 Å². The second kappa shape index (κ2) is 7.47. The van der Waals surface area contributed by atoms with Gasteiger partial charge in [-0.2, -0.15) is 0 Å². The zero-order chi connectivity index (χ0) is 15.2. The van der Waals surface area contributed by atoms with E-state index < -0.39 is 16.1 Å². The summed E-state index contributed by atoms with van der Waals surface area (Å²) in [5.74, 6) is 0.833. The normalized spacial score (nSPS) is 13.0. The number of aliphatic hydroxyl groups excluding tert-OH is 1. The highest BCUT2D eigenvalue weighted by molar-refractivity contribution is 7.89. The maximum absolute atomic E-state index is 12.1. The predicted molar refractivity (Wildman–Crippen MR) is 75.6 cm³/mol. The van der Waals surface area contributed by atoms with Crippen LogP contribution in [0.4, 0.5) is 0 Å². The van der Waals surface area contributed by atoms with Crippen molar-refractivity contribution >= 4 is 10.0 Å². The first-order valence-electron chi connectivity index (χ1n) is 6.30. The molecular weight excluding hydrogens is 282 g/mol. The van der Waals surface area contributed by atoms with Crippen LogP contribution in [0.5, 0.6) is 11.5 Å². The van der Waals surface area contributed by atoms with Gasteiger partial charge < -0.3 is 14.6 Å². The first-order chi connectivity index (χ1) is 9.40. The zero-order valence-electron chi connectivity index (χ0n) is 11.9. The molecule has 0 aliphatic rings. The van der Waals surface area contributed by atoms with E-state index in [9.17, 15) is 8.42 Å². The number of sulfonamides is 1. The molecule has 0 saturated carbocycles. The number of benzene rings is 1. The molecule has 1 aromatic carbocycles. The van der Waals surface area contributed by atoms with Crippen molar-refractivity contribution in [2.24, 2.45) is 0 Å². The minimum atomic E-state index is -3.58. The standard InChI is InChI=1S/C13H21NO5S/c1-10(15)5-4-8-14-20(16,17)11-6-7-12(18-2)13(9-11)19-3/h6-7,9-10,14-15H,4-5,8H2,1-3H3. The van der Waals surface area contributed by atoms with Crippen molar-refractivity contribution in [3.05, 3.63) is 18.2 Å². The SMILES string of the molecule is COc1ccc(S(=O)(=O)NCCCC(C)O)cc1OC. The average Bonchev–Trinajstić information content (AvgIpc) is 2.42. The van der Waals surface area contributed by atoms with Gasteiger partial charge in [-0.25, -0.2) is 13.1 Å². The quantitative estimate of drug-likeness (QED) is 0.704. The van der Waals surface area contributed by atoms with Crippen LogP contribution in [0.15, 0.2) is 23.1 Å². The lowest BCUT2D eigenvalue weighted by Crippen LogP contribution is -2.25. The van der Waals surface area contributed by atoms with Crippen LogP contribution >= 0.6 is 0 Å². The van der Waals surface area contributed by atoms with Gasteiger partial charge in [0.1, 0.15) is 0 Å². The summed E-state index contributed by atoms with van der Waals surface area (Å²) in [6.07, 6.45) is 0.694. The second-order valence-electron chi connectivity index (χ2n) is 4.41. The van der Waals surface area contributed by atoms with Crippen molar-refractivity contribution in [1.29, 1.82) is 0 Å². The van der Waals surface area contributed by atoms with Crippen LogP contribution in [0.3, 0.4) is 0 Å². The van der Waals surface area contributed by atoms with Gasteiger partial charge in [0.25, 0.3) is 0 Å². The van der Waals surface area contributed by atoms with Crippen LogP contribution in [0.25, 0.3) is 0 Å². The number of hydrogen-bond acceptors (Lipinski definition) is 5. The Morgan fingerprint density at radius 3 is 2.45 bits per heavy atom. The summed E-state index contributed by atoms with van der Waals surface area (Å²) in [5.41, 5.74) is 0. The van der Waals surface area contributed by atoms with Crippen molar-refractivity contribution in [2.75, 3.05) is 20.8 Å². The summed E-state index contributed by atoms with van der Waals surface area (Å²) in [4.78, 5) is 0.118. The highest BCUT2D eigenvalue weighted by Crippen LogP contribution is 2.29. The molecule has 1 aromatic rings. The molecule has 0 saturated heterocycles. The summed E-state index contributed by atoms with van der Waals surface area (Å²) < 4.78 is 36.8. The molecule has 6 nitrogen and oxygen atoms in total. The van der Waals surface area contributed by atoms with Crippen molar-refractivity contribution in [1.82, 2.24) is 4.72 Å². The molecule has 0 bridgehead atoms. The van der Waals surface area contributed by atoms with Gasteiger partial charge in [0.15, 0.2) is 11.5 Å². The van der Waals surface area contributed by atoms with E-state index in [0.717, 1.165) is 0 Å². The van der Waals surface area contributed by atoms with E-state index in [-0.39, 0.29) is 11.4 Å². The van der Waals surface area contributed by atoms with Crippen LogP contribution in [0.2, 0.25) is 0 Å². The van der Waals surface area contributed by atoms with Crippen LogP contribution in [-0.2, 0) is 10.0 Å². The third-order valence-corrected chi connectivity index (χ3v) is 4.21. The number of nitrogens with one attached hydrogen (secondary N) is 1. The average molecular weight is 303 g/mol. The van der Waals surface area contributed by atoms with E-state index in [0.29, 0.717) is 24.3 Å². The highest BCUT2D eigenvalue weighted by Gasteiger charge is 2.16. The van der Waals surface area contributed by atoms with E-state index in [1.54, 1.807) is 13.0 Å². The lowest BCUT2D eigenvalue weighted by Gasteiger charge is -2.11. The third-order valence-electron chi connectivity index (χ3n) is 2.76. The lowest BCUT2D eigenvalue weighted by atomic mass is 10.2. The van der Waals surface area contributed by atoms with E-state index in [1.807, 2.05) is 0 Å². The molecule has 114 valence electrons. The smallest absolute Gasteiger partial charge is 0.240 e. The number of hydrogen-bond donors (Lipinski definition) is 2. The fraction of sp³-hybridized carbons (Fsp3) is 0.538. The largest absolute Gasteiger partial charge is 0.493 e. The molecule has 7 heteroatoms. The summed E-state index contributed by atoms with van der Waals surface area (Å²) in [6.45, 7) is 1.95. The Labute approximate surface area is 119 Å². The topological polar surface area (TPSA) is 84.9 Å². The molecule has 1 atom stereocenters. The monoisotopic (exact) mass is 303 g/mol. The Morgan fingerprint density at radius 2 is 1.90 bits per heavy atom. The Morgan fingerprint density at radius 1 is 1.25 bits per heavy atom. The Kier molecular flexibility index (Phi) is 6.25. The van der Waals surface area contributed by atoms with Gasteiger partial charge in [0.2, 0.25) is 10.0 Å². The Hall–Kier alpha value is -1.31. The molecule has 0 aromatic heterocycles. The van der Waals surface area contributed by atoms with E-state index in [1.165, 1.54) is 26.4 Å². The summed E-state index contributed by atoms with van der Waals surface area (Å²) in [5, 5.41) is 9.12. The minimum absolute atomic E-state index is 0.118. The van der Waals surface area contributed by atoms with E-state index in [2.05, 4.69) is 4.72 Å². The number of ether oxygens (including phenoxy) is 2. The van der Waals surface area contributed by atoms with Crippen molar-refractivity contribution < 1.29 is 23.0 Å². The maximum atomic E-state index is 12.1. The van der Waals surface area contributed by atoms with Crippen molar-refractivity contribution in [3.63, 3.8) is 0 Å². The van der Waals surface area contributed by atoms with E-state index in [4.69, 9.17) is 14.6 Å². The Bertz CT molecular complexity index is 528. The summed E-state index contributed by atoms with van der Waals surface area (Å²) in [6, 6.07) is 4.41. The molecular formula is C13H21NO5S. The second-order valence-corrected chi connectivity index (χ2v) is 6.17. The molecule has 0 amide bonds. The summed E-state index contributed by atoms with van der Waals surface area (Å²) >= 11 is 0. The van der Waals surface area contributed by atoms with Gasteiger partial charge in [0.05, 0.1) is 25.2 Å². The summed E-state index contributed by atoms with van der Waals surface area (Å²) in [7, 11) is -0.648. The van der Waals surface area contributed by atoms with Gasteiger partial charge in [-0.1, -0.05) is 0 Å². The Balaban J connectivity index is 2.77. The zero-order valence-corrected chi connectivity index (χ0v) is 12.7. The number of methoxy groups -OCH3 is 2. The predicted octanol–water partition coefficient (Wildman–Crippen LogP) is 1.14. The molecule has 0 heterocycles. The van der Waals surface area contributed by atoms with Crippen molar-refractivity contribution in [3.8, 4) is 11.5 Å². The molecule has 0 spiro atoms. The number of rotatable bonds is 8. The first kappa shape index (κ1) is 16.7. The van der Waals surface area contributed by atoms with Crippen LogP contribution in [-0.4, -0.2) is 40.4 Å². The third kappa shape index (κ3) is 4.66. The molecule has 2 N–H and O–H groups in total.